The molecule has 4 aromatic rings. The van der Waals surface area contributed by atoms with Crippen molar-refractivity contribution in [3.63, 3.8) is 0 Å². The molecule has 0 bridgehead atoms. The van der Waals surface area contributed by atoms with Crippen molar-refractivity contribution >= 4 is 16.9 Å². The highest BCUT2D eigenvalue weighted by atomic mass is 16.3. The summed E-state index contributed by atoms with van der Waals surface area (Å²) in [5.74, 6) is 0.265. The van der Waals surface area contributed by atoms with Crippen LogP contribution >= 0.6 is 0 Å². The van der Waals surface area contributed by atoms with Crippen molar-refractivity contribution in [3.8, 4) is 0 Å². The maximum atomic E-state index is 13.4. The van der Waals surface area contributed by atoms with Gasteiger partial charge in [-0.25, -0.2) is 0 Å². The first-order valence-corrected chi connectivity index (χ1v) is 9.11. The number of benzene rings is 3. The Balaban J connectivity index is 1.70. The van der Waals surface area contributed by atoms with E-state index < -0.39 is 0 Å². The molecule has 0 fully saturated rings. The van der Waals surface area contributed by atoms with E-state index in [1.807, 2.05) is 83.8 Å². The van der Waals surface area contributed by atoms with Crippen LogP contribution in [0.3, 0.4) is 0 Å². The summed E-state index contributed by atoms with van der Waals surface area (Å²) in [6.07, 6.45) is 0. The molecule has 1 heterocycles. The number of carbonyl (C=O) groups excluding carboxylic acids is 1. The average molecular weight is 355 g/mol. The van der Waals surface area contributed by atoms with Gasteiger partial charge in [0.25, 0.3) is 5.91 Å². The van der Waals surface area contributed by atoms with E-state index in [0.717, 1.165) is 22.1 Å². The number of rotatable bonds is 5. The summed E-state index contributed by atoms with van der Waals surface area (Å²) in [5.41, 5.74) is 2.91. The van der Waals surface area contributed by atoms with Gasteiger partial charge in [0.05, 0.1) is 6.04 Å². The van der Waals surface area contributed by atoms with Crippen LogP contribution in [0.2, 0.25) is 0 Å². The lowest BCUT2D eigenvalue weighted by atomic mass is 10.1. The van der Waals surface area contributed by atoms with Gasteiger partial charge in [0.2, 0.25) is 0 Å². The van der Waals surface area contributed by atoms with Crippen LogP contribution < -0.4 is 0 Å². The number of furan rings is 1. The molecular weight excluding hydrogens is 334 g/mol. The molecule has 1 atom stereocenters. The molecule has 1 aromatic heterocycles. The zero-order valence-electron chi connectivity index (χ0n) is 15.2. The minimum Gasteiger partial charge on any atom is -0.451 e. The molecule has 0 aliphatic carbocycles. The maximum absolute atomic E-state index is 13.4. The highest BCUT2D eigenvalue weighted by Crippen LogP contribution is 2.27. The van der Waals surface area contributed by atoms with Gasteiger partial charge in [-0.3, -0.25) is 4.79 Å². The molecule has 0 saturated heterocycles. The number of hydrogen-bond donors (Lipinski definition) is 0. The molecule has 0 spiro atoms. The van der Waals surface area contributed by atoms with E-state index in [4.69, 9.17) is 4.42 Å². The lowest BCUT2D eigenvalue weighted by Gasteiger charge is -2.29. The topological polar surface area (TPSA) is 33.5 Å². The fourth-order valence-corrected chi connectivity index (χ4v) is 3.31. The van der Waals surface area contributed by atoms with Gasteiger partial charge in [0.1, 0.15) is 5.58 Å². The predicted molar refractivity (Wildman–Crippen MR) is 107 cm³/mol. The molecule has 0 aliphatic rings. The van der Waals surface area contributed by atoms with Crippen LogP contribution in [0.25, 0.3) is 11.0 Å². The Bertz CT molecular complexity index is 1000. The van der Waals surface area contributed by atoms with Crippen molar-refractivity contribution in [2.75, 3.05) is 0 Å². The lowest BCUT2D eigenvalue weighted by Crippen LogP contribution is -2.33. The molecule has 3 aromatic carbocycles. The quantitative estimate of drug-likeness (QED) is 0.451. The van der Waals surface area contributed by atoms with E-state index in [1.54, 1.807) is 0 Å². The van der Waals surface area contributed by atoms with Gasteiger partial charge in [0, 0.05) is 11.9 Å². The fourth-order valence-electron chi connectivity index (χ4n) is 3.31. The number of amides is 1. The van der Waals surface area contributed by atoms with Crippen molar-refractivity contribution in [2.45, 2.75) is 19.5 Å². The number of carbonyl (C=O) groups is 1. The predicted octanol–water partition coefficient (Wildman–Crippen LogP) is 5.84. The minimum atomic E-state index is -0.105. The molecule has 0 aliphatic heterocycles. The molecule has 0 N–H and O–H groups in total. The second-order valence-corrected chi connectivity index (χ2v) is 6.65. The lowest BCUT2D eigenvalue weighted by molar-refractivity contribution is 0.0643. The van der Waals surface area contributed by atoms with Crippen LogP contribution in [0.1, 0.15) is 34.6 Å². The molecule has 134 valence electrons. The number of para-hydroxylation sites is 1. The highest BCUT2D eigenvalue weighted by Gasteiger charge is 2.25. The molecule has 0 saturated carbocycles. The first kappa shape index (κ1) is 17.1. The number of fused-ring (bicyclic) bond motifs is 1. The second kappa shape index (κ2) is 7.50. The first-order valence-electron chi connectivity index (χ1n) is 9.11. The molecule has 0 unspecified atom stereocenters. The van der Waals surface area contributed by atoms with Crippen LogP contribution in [-0.4, -0.2) is 10.8 Å². The summed E-state index contributed by atoms with van der Waals surface area (Å²) in [5, 5.41) is 0.938. The average Bonchev–Trinajstić information content (AvgIpc) is 3.17. The standard InChI is InChI=1S/C24H21NO2/c1-18(20-12-6-3-7-13-20)25(17-19-10-4-2-5-11-19)24(26)23-16-21-14-8-9-15-22(21)27-23/h2-16,18H,17H2,1H3/t18-/m0/s1. The summed E-state index contributed by atoms with van der Waals surface area (Å²) in [6, 6.07) is 29.6. The Morgan fingerprint density at radius 3 is 2.22 bits per heavy atom. The van der Waals surface area contributed by atoms with Crippen LogP contribution in [0.15, 0.2) is 95.4 Å². The minimum absolute atomic E-state index is 0.0767. The third kappa shape index (κ3) is 3.63. The zero-order chi connectivity index (χ0) is 18.6. The number of hydrogen-bond acceptors (Lipinski definition) is 2. The SMILES string of the molecule is C[C@@H](c1ccccc1)N(Cc1ccccc1)C(=O)c1cc2ccccc2o1. The zero-order valence-corrected chi connectivity index (χ0v) is 15.2. The molecule has 27 heavy (non-hydrogen) atoms. The summed E-state index contributed by atoms with van der Waals surface area (Å²) in [7, 11) is 0. The van der Waals surface area contributed by atoms with E-state index in [9.17, 15) is 4.79 Å². The van der Waals surface area contributed by atoms with Crippen molar-refractivity contribution in [2.24, 2.45) is 0 Å². The fraction of sp³-hybridized carbons (Fsp3) is 0.125. The number of nitrogens with zero attached hydrogens (tertiary/aromatic N) is 1. The van der Waals surface area contributed by atoms with Crippen LogP contribution in [0.5, 0.6) is 0 Å². The molecule has 3 heteroatoms. The van der Waals surface area contributed by atoms with Crippen LogP contribution in [-0.2, 0) is 6.54 Å². The van der Waals surface area contributed by atoms with Gasteiger partial charge in [-0.2, -0.15) is 0 Å². The highest BCUT2D eigenvalue weighted by molar-refractivity contribution is 5.96. The molecule has 4 rings (SSSR count). The summed E-state index contributed by atoms with van der Waals surface area (Å²) in [6.45, 7) is 2.58. The van der Waals surface area contributed by atoms with Gasteiger partial charge in [-0.15, -0.1) is 0 Å². The summed E-state index contributed by atoms with van der Waals surface area (Å²) in [4.78, 5) is 15.2. The Morgan fingerprint density at radius 1 is 0.889 bits per heavy atom. The van der Waals surface area contributed by atoms with E-state index >= 15 is 0 Å². The van der Waals surface area contributed by atoms with Crippen LogP contribution in [0, 0.1) is 0 Å². The Morgan fingerprint density at radius 2 is 1.52 bits per heavy atom. The van der Waals surface area contributed by atoms with Crippen molar-refractivity contribution < 1.29 is 9.21 Å². The Kier molecular flexibility index (Phi) is 4.75. The summed E-state index contributed by atoms with van der Waals surface area (Å²) >= 11 is 0. The van der Waals surface area contributed by atoms with E-state index in [1.165, 1.54) is 0 Å². The van der Waals surface area contributed by atoms with Crippen molar-refractivity contribution in [1.29, 1.82) is 0 Å². The van der Waals surface area contributed by atoms with Gasteiger partial charge in [-0.05, 0) is 30.2 Å². The Hall–Kier alpha value is -3.33. The first-order chi connectivity index (χ1) is 13.2. The normalized spacial score (nSPS) is 12.0. The summed E-state index contributed by atoms with van der Waals surface area (Å²) < 4.78 is 5.84. The molecular formula is C24H21NO2. The third-order valence-electron chi connectivity index (χ3n) is 4.84. The van der Waals surface area contributed by atoms with Gasteiger partial charge in [0.15, 0.2) is 5.76 Å². The van der Waals surface area contributed by atoms with E-state index in [-0.39, 0.29) is 11.9 Å². The van der Waals surface area contributed by atoms with E-state index in [2.05, 4.69) is 19.1 Å². The largest absolute Gasteiger partial charge is 0.451 e. The van der Waals surface area contributed by atoms with E-state index in [0.29, 0.717) is 12.3 Å². The van der Waals surface area contributed by atoms with Crippen molar-refractivity contribution in [1.82, 2.24) is 4.90 Å². The van der Waals surface area contributed by atoms with Crippen molar-refractivity contribution in [3.05, 3.63) is 108 Å². The van der Waals surface area contributed by atoms with Gasteiger partial charge < -0.3 is 9.32 Å². The molecule has 1 amide bonds. The van der Waals surface area contributed by atoms with Crippen LogP contribution in [0.4, 0.5) is 0 Å². The van der Waals surface area contributed by atoms with Gasteiger partial charge in [-0.1, -0.05) is 78.9 Å². The molecule has 3 nitrogen and oxygen atoms in total. The molecule has 0 radical (unpaired) electrons. The second-order valence-electron chi connectivity index (χ2n) is 6.65. The monoisotopic (exact) mass is 355 g/mol. The smallest absolute Gasteiger partial charge is 0.290 e. The maximum Gasteiger partial charge on any atom is 0.290 e. The van der Waals surface area contributed by atoms with Gasteiger partial charge >= 0.3 is 0 Å². The Labute approximate surface area is 158 Å². The third-order valence-corrected chi connectivity index (χ3v) is 4.84.